The van der Waals surface area contributed by atoms with E-state index in [1.54, 1.807) is 12.1 Å². The van der Waals surface area contributed by atoms with Gasteiger partial charge in [0.1, 0.15) is 5.82 Å². The predicted molar refractivity (Wildman–Crippen MR) is 108 cm³/mol. The molecule has 1 saturated heterocycles. The summed E-state index contributed by atoms with van der Waals surface area (Å²) < 4.78 is 39.6. The highest BCUT2D eigenvalue weighted by Crippen LogP contribution is 2.28. The van der Waals surface area contributed by atoms with Gasteiger partial charge in [-0.25, -0.2) is 17.1 Å². The first-order valence-electron chi connectivity index (χ1n) is 9.17. The van der Waals surface area contributed by atoms with E-state index in [9.17, 15) is 17.6 Å². The van der Waals surface area contributed by atoms with Crippen molar-refractivity contribution >= 4 is 27.3 Å². The van der Waals surface area contributed by atoms with Gasteiger partial charge in [0.2, 0.25) is 10.0 Å². The average molecular weight is 405 g/mol. The van der Waals surface area contributed by atoms with Crippen molar-refractivity contribution in [3.05, 3.63) is 53.8 Å². The zero-order valence-electron chi connectivity index (χ0n) is 16.0. The smallest absolute Gasteiger partial charge is 0.257 e. The van der Waals surface area contributed by atoms with Gasteiger partial charge in [-0.3, -0.25) is 4.79 Å². The number of nitrogens with one attached hydrogen (secondary N) is 1. The van der Waals surface area contributed by atoms with Crippen LogP contribution in [-0.2, 0) is 10.0 Å². The molecule has 8 heteroatoms. The topological polar surface area (TPSA) is 69.7 Å². The average Bonchev–Trinajstić information content (AvgIpc) is 2.68. The molecule has 0 radical (unpaired) electrons. The van der Waals surface area contributed by atoms with Crippen molar-refractivity contribution in [2.75, 3.05) is 37.4 Å². The van der Waals surface area contributed by atoms with Gasteiger partial charge in [0.25, 0.3) is 5.91 Å². The van der Waals surface area contributed by atoms with E-state index in [0.29, 0.717) is 11.4 Å². The fourth-order valence-electron chi connectivity index (χ4n) is 3.24. The third-order valence-electron chi connectivity index (χ3n) is 4.77. The summed E-state index contributed by atoms with van der Waals surface area (Å²) in [6, 6.07) is 10.2. The van der Waals surface area contributed by atoms with E-state index in [-0.39, 0.29) is 10.5 Å². The maximum absolute atomic E-state index is 13.5. The summed E-state index contributed by atoms with van der Waals surface area (Å²) in [6.07, 6.45) is 3.17. The van der Waals surface area contributed by atoms with Crippen LogP contribution in [0.1, 0.15) is 29.6 Å². The Balaban J connectivity index is 2.02. The molecule has 2 aromatic carbocycles. The molecule has 1 aliphatic rings. The number of hydrogen-bond donors (Lipinski definition) is 1. The van der Waals surface area contributed by atoms with Gasteiger partial charge in [-0.15, -0.1) is 0 Å². The lowest BCUT2D eigenvalue weighted by molar-refractivity contribution is 0.102. The molecule has 0 spiro atoms. The number of carbonyl (C=O) groups excluding carboxylic acids is 1. The Labute approximate surface area is 165 Å². The van der Waals surface area contributed by atoms with E-state index in [2.05, 4.69) is 10.2 Å². The number of piperidine rings is 1. The SMILES string of the molecule is CN(C)S(=O)(=O)c1ccc(N2CCCCC2)c(C(=O)Nc2cccc(F)c2)c1. The summed E-state index contributed by atoms with van der Waals surface area (Å²) in [4.78, 5) is 15.1. The van der Waals surface area contributed by atoms with Crippen LogP contribution in [0.5, 0.6) is 0 Å². The Hall–Kier alpha value is -2.45. The van der Waals surface area contributed by atoms with Crippen molar-refractivity contribution in [1.29, 1.82) is 0 Å². The molecule has 1 N–H and O–H groups in total. The minimum Gasteiger partial charge on any atom is -0.371 e. The molecule has 0 aromatic heterocycles. The van der Waals surface area contributed by atoms with Crippen molar-refractivity contribution in [3.8, 4) is 0 Å². The fourth-order valence-corrected chi connectivity index (χ4v) is 4.17. The first-order valence-corrected chi connectivity index (χ1v) is 10.6. The van der Waals surface area contributed by atoms with Crippen molar-refractivity contribution in [1.82, 2.24) is 4.31 Å². The number of hydrogen-bond acceptors (Lipinski definition) is 4. The van der Waals surface area contributed by atoms with Gasteiger partial charge < -0.3 is 10.2 Å². The third kappa shape index (κ3) is 4.34. The first-order chi connectivity index (χ1) is 13.3. The molecule has 1 amide bonds. The molecule has 0 unspecified atom stereocenters. The molecular formula is C20H24FN3O3S. The van der Waals surface area contributed by atoms with E-state index in [1.165, 1.54) is 44.4 Å². The zero-order chi connectivity index (χ0) is 20.3. The number of benzene rings is 2. The zero-order valence-corrected chi connectivity index (χ0v) is 16.8. The minimum absolute atomic E-state index is 0.0441. The molecule has 0 bridgehead atoms. The van der Waals surface area contributed by atoms with Crippen LogP contribution in [0.15, 0.2) is 47.4 Å². The van der Waals surface area contributed by atoms with Crippen molar-refractivity contribution in [2.45, 2.75) is 24.2 Å². The van der Waals surface area contributed by atoms with Gasteiger partial charge >= 0.3 is 0 Å². The maximum Gasteiger partial charge on any atom is 0.257 e. The van der Waals surface area contributed by atoms with Crippen molar-refractivity contribution in [3.63, 3.8) is 0 Å². The predicted octanol–water partition coefficient (Wildman–Crippen LogP) is 3.32. The van der Waals surface area contributed by atoms with Gasteiger partial charge in [-0.1, -0.05) is 6.07 Å². The Morgan fingerprint density at radius 3 is 2.43 bits per heavy atom. The van der Waals surface area contributed by atoms with Crippen molar-refractivity contribution in [2.24, 2.45) is 0 Å². The highest BCUT2D eigenvalue weighted by Gasteiger charge is 2.24. The summed E-state index contributed by atoms with van der Waals surface area (Å²) in [5.41, 5.74) is 1.26. The lowest BCUT2D eigenvalue weighted by Crippen LogP contribution is -2.32. The number of sulfonamides is 1. The number of carbonyl (C=O) groups is 1. The molecular weight excluding hydrogens is 381 g/mol. The quantitative estimate of drug-likeness (QED) is 0.829. The second-order valence-corrected chi connectivity index (χ2v) is 9.13. The number of amides is 1. The van der Waals surface area contributed by atoms with E-state index < -0.39 is 21.7 Å². The molecule has 3 rings (SSSR count). The summed E-state index contributed by atoms with van der Waals surface area (Å²) in [6.45, 7) is 1.61. The maximum atomic E-state index is 13.5. The van der Waals surface area contributed by atoms with E-state index in [4.69, 9.17) is 0 Å². The van der Waals surface area contributed by atoms with E-state index in [0.717, 1.165) is 36.7 Å². The second-order valence-electron chi connectivity index (χ2n) is 6.98. The van der Waals surface area contributed by atoms with E-state index >= 15 is 0 Å². The molecule has 1 fully saturated rings. The van der Waals surface area contributed by atoms with Crippen LogP contribution in [0.25, 0.3) is 0 Å². The van der Waals surface area contributed by atoms with Crippen LogP contribution in [0.2, 0.25) is 0 Å². The van der Waals surface area contributed by atoms with Gasteiger partial charge in [0, 0.05) is 38.6 Å². The van der Waals surface area contributed by atoms with Crippen LogP contribution in [0.3, 0.4) is 0 Å². The number of rotatable bonds is 5. The summed E-state index contributed by atoms with van der Waals surface area (Å²) >= 11 is 0. The van der Waals surface area contributed by atoms with Gasteiger partial charge in [-0.2, -0.15) is 0 Å². The molecule has 28 heavy (non-hydrogen) atoms. The Morgan fingerprint density at radius 1 is 1.07 bits per heavy atom. The first kappa shape index (κ1) is 20.3. The minimum atomic E-state index is -3.69. The van der Waals surface area contributed by atoms with Gasteiger partial charge in [-0.05, 0) is 55.7 Å². The van der Waals surface area contributed by atoms with Gasteiger partial charge in [0.15, 0.2) is 0 Å². The third-order valence-corrected chi connectivity index (χ3v) is 6.58. The number of halogens is 1. The molecule has 0 aliphatic carbocycles. The highest BCUT2D eigenvalue weighted by atomic mass is 32.2. The molecule has 1 aliphatic heterocycles. The second kappa shape index (κ2) is 8.28. The molecule has 2 aromatic rings. The molecule has 0 saturated carbocycles. The Kier molecular flexibility index (Phi) is 6.00. The lowest BCUT2D eigenvalue weighted by Gasteiger charge is -2.30. The largest absolute Gasteiger partial charge is 0.371 e. The van der Waals surface area contributed by atoms with Crippen LogP contribution < -0.4 is 10.2 Å². The van der Waals surface area contributed by atoms with Crippen LogP contribution in [0, 0.1) is 5.82 Å². The molecule has 150 valence electrons. The van der Waals surface area contributed by atoms with E-state index in [1.807, 2.05) is 0 Å². The van der Waals surface area contributed by atoms with Crippen LogP contribution in [-0.4, -0.2) is 45.8 Å². The Bertz CT molecular complexity index is 970. The molecule has 6 nitrogen and oxygen atoms in total. The van der Waals surface area contributed by atoms with Gasteiger partial charge in [0.05, 0.1) is 10.5 Å². The molecule has 0 atom stereocenters. The highest BCUT2D eigenvalue weighted by molar-refractivity contribution is 7.89. The van der Waals surface area contributed by atoms with Crippen LogP contribution in [0.4, 0.5) is 15.8 Å². The molecule has 1 heterocycles. The number of anilines is 2. The Morgan fingerprint density at radius 2 is 1.79 bits per heavy atom. The summed E-state index contributed by atoms with van der Waals surface area (Å²) in [5, 5.41) is 2.67. The fraction of sp³-hybridized carbons (Fsp3) is 0.350. The number of nitrogens with zero attached hydrogens (tertiary/aromatic N) is 2. The summed E-state index contributed by atoms with van der Waals surface area (Å²) in [7, 11) is -0.796. The monoisotopic (exact) mass is 405 g/mol. The normalized spacial score (nSPS) is 14.9. The lowest BCUT2D eigenvalue weighted by atomic mass is 10.1. The summed E-state index contributed by atoms with van der Waals surface area (Å²) in [5.74, 6) is -0.931. The van der Waals surface area contributed by atoms with Crippen molar-refractivity contribution < 1.29 is 17.6 Å². The standard InChI is InChI=1S/C20H24FN3O3S/c1-23(2)28(26,27)17-9-10-19(24-11-4-3-5-12-24)18(14-17)20(25)22-16-8-6-7-15(21)13-16/h6-10,13-14H,3-5,11-12H2,1-2H3,(H,22,25). The van der Waals surface area contributed by atoms with Crippen LogP contribution >= 0.6 is 0 Å².